The Morgan fingerprint density at radius 2 is 2.05 bits per heavy atom. The molecule has 0 aliphatic carbocycles. The minimum absolute atomic E-state index is 0.207. The zero-order valence-corrected chi connectivity index (χ0v) is 13.1. The summed E-state index contributed by atoms with van der Waals surface area (Å²) in [6.45, 7) is 4.45. The van der Waals surface area contributed by atoms with Gasteiger partial charge in [-0.1, -0.05) is 41.9 Å². The largest absolute Gasteiger partial charge is 0.380 e. The van der Waals surface area contributed by atoms with E-state index in [1.54, 1.807) is 6.20 Å². The lowest BCUT2D eigenvalue weighted by Gasteiger charge is -2.16. The van der Waals surface area contributed by atoms with Crippen molar-refractivity contribution in [2.45, 2.75) is 39.3 Å². The molecule has 2 aromatic rings. The molecule has 1 unspecified atom stereocenters. The van der Waals surface area contributed by atoms with E-state index in [1.165, 1.54) is 10.2 Å². The quantitative estimate of drug-likeness (QED) is 0.890. The standard InChI is InChI=1S/C16H20ClN3O/c1-3-20-16(21)15(17)14(11-18-20)19-12(2)9-10-13-7-5-4-6-8-13/h4-8,11-12,19H,3,9-10H2,1-2H3. The van der Waals surface area contributed by atoms with Crippen molar-refractivity contribution in [3.63, 3.8) is 0 Å². The molecule has 0 radical (unpaired) electrons. The number of aromatic nitrogens is 2. The van der Waals surface area contributed by atoms with Gasteiger partial charge in [0.15, 0.2) is 0 Å². The van der Waals surface area contributed by atoms with Crippen LogP contribution in [0.3, 0.4) is 0 Å². The highest BCUT2D eigenvalue weighted by molar-refractivity contribution is 6.32. The van der Waals surface area contributed by atoms with Crippen LogP contribution < -0.4 is 10.9 Å². The number of nitrogens with one attached hydrogen (secondary N) is 1. The van der Waals surface area contributed by atoms with E-state index in [0.717, 1.165) is 12.8 Å². The fourth-order valence-electron chi connectivity index (χ4n) is 2.16. The topological polar surface area (TPSA) is 46.9 Å². The highest BCUT2D eigenvalue weighted by Crippen LogP contribution is 2.17. The Kier molecular flexibility index (Phi) is 5.39. The lowest BCUT2D eigenvalue weighted by Crippen LogP contribution is -2.25. The number of benzene rings is 1. The molecule has 0 aliphatic heterocycles. The van der Waals surface area contributed by atoms with Crippen molar-refractivity contribution in [1.82, 2.24) is 9.78 Å². The molecule has 2 rings (SSSR count). The molecule has 0 aliphatic rings. The van der Waals surface area contributed by atoms with E-state index < -0.39 is 0 Å². The van der Waals surface area contributed by atoms with E-state index in [2.05, 4.69) is 29.5 Å². The fraction of sp³-hybridized carbons (Fsp3) is 0.375. The number of aryl methyl sites for hydroxylation is 2. The number of hydrogen-bond donors (Lipinski definition) is 1. The third-order valence-electron chi connectivity index (χ3n) is 3.40. The lowest BCUT2D eigenvalue weighted by molar-refractivity contribution is 0.614. The summed E-state index contributed by atoms with van der Waals surface area (Å²) in [4.78, 5) is 11.9. The summed E-state index contributed by atoms with van der Waals surface area (Å²) in [6.07, 6.45) is 3.55. The number of anilines is 1. The average molecular weight is 306 g/mol. The van der Waals surface area contributed by atoms with Gasteiger partial charge in [-0.2, -0.15) is 5.10 Å². The van der Waals surface area contributed by atoms with Crippen LogP contribution in [-0.2, 0) is 13.0 Å². The fourth-order valence-corrected chi connectivity index (χ4v) is 2.36. The monoisotopic (exact) mass is 305 g/mol. The average Bonchev–Trinajstić information content (AvgIpc) is 2.51. The van der Waals surface area contributed by atoms with Crippen LogP contribution in [0.15, 0.2) is 41.3 Å². The molecular weight excluding hydrogens is 286 g/mol. The van der Waals surface area contributed by atoms with Crippen molar-refractivity contribution in [2.24, 2.45) is 0 Å². The van der Waals surface area contributed by atoms with Gasteiger partial charge in [-0.15, -0.1) is 0 Å². The van der Waals surface area contributed by atoms with Crippen LogP contribution in [0, 0.1) is 0 Å². The minimum Gasteiger partial charge on any atom is -0.380 e. The highest BCUT2D eigenvalue weighted by Gasteiger charge is 2.10. The molecule has 0 bridgehead atoms. The van der Waals surface area contributed by atoms with Gasteiger partial charge in [-0.05, 0) is 32.3 Å². The van der Waals surface area contributed by atoms with Gasteiger partial charge in [0.25, 0.3) is 5.56 Å². The van der Waals surface area contributed by atoms with E-state index in [9.17, 15) is 4.79 Å². The summed E-state index contributed by atoms with van der Waals surface area (Å²) in [7, 11) is 0. The highest BCUT2D eigenvalue weighted by atomic mass is 35.5. The van der Waals surface area contributed by atoms with Crippen molar-refractivity contribution in [3.8, 4) is 0 Å². The van der Waals surface area contributed by atoms with Crippen LogP contribution in [0.2, 0.25) is 5.02 Å². The number of nitrogens with zero attached hydrogens (tertiary/aromatic N) is 2. The SMILES string of the molecule is CCn1ncc(NC(C)CCc2ccccc2)c(Cl)c1=O. The second kappa shape index (κ2) is 7.27. The van der Waals surface area contributed by atoms with Crippen LogP contribution in [0.5, 0.6) is 0 Å². The molecule has 4 nitrogen and oxygen atoms in total. The lowest BCUT2D eigenvalue weighted by atomic mass is 10.1. The van der Waals surface area contributed by atoms with Crippen molar-refractivity contribution in [2.75, 3.05) is 5.32 Å². The van der Waals surface area contributed by atoms with Crippen LogP contribution in [-0.4, -0.2) is 15.8 Å². The predicted octanol–water partition coefficient (Wildman–Crippen LogP) is 3.35. The third kappa shape index (κ3) is 4.08. The predicted molar refractivity (Wildman–Crippen MR) is 87.0 cm³/mol. The summed E-state index contributed by atoms with van der Waals surface area (Å²) >= 11 is 6.10. The van der Waals surface area contributed by atoms with Gasteiger partial charge in [-0.25, -0.2) is 4.68 Å². The Balaban J connectivity index is 1.98. The van der Waals surface area contributed by atoms with E-state index in [4.69, 9.17) is 11.6 Å². The summed E-state index contributed by atoms with van der Waals surface area (Å²) in [5, 5.41) is 7.56. The molecule has 5 heteroatoms. The Labute approximate surface area is 129 Å². The maximum Gasteiger partial charge on any atom is 0.287 e. The first-order valence-corrected chi connectivity index (χ1v) is 7.55. The second-order valence-electron chi connectivity index (χ2n) is 5.06. The van der Waals surface area contributed by atoms with Crippen molar-refractivity contribution < 1.29 is 0 Å². The van der Waals surface area contributed by atoms with Gasteiger partial charge >= 0.3 is 0 Å². The molecule has 0 fully saturated rings. The van der Waals surface area contributed by atoms with Crippen LogP contribution in [0.4, 0.5) is 5.69 Å². The molecule has 1 aromatic heterocycles. The normalized spacial score (nSPS) is 12.1. The molecular formula is C16H20ClN3O. The second-order valence-corrected chi connectivity index (χ2v) is 5.44. The van der Waals surface area contributed by atoms with Gasteiger partial charge in [0, 0.05) is 12.6 Å². The zero-order valence-electron chi connectivity index (χ0n) is 12.3. The van der Waals surface area contributed by atoms with Gasteiger partial charge in [0.05, 0.1) is 11.9 Å². The zero-order chi connectivity index (χ0) is 15.2. The maximum absolute atomic E-state index is 11.9. The number of rotatable bonds is 6. The maximum atomic E-state index is 11.9. The molecule has 0 amide bonds. The number of halogens is 1. The molecule has 112 valence electrons. The molecule has 21 heavy (non-hydrogen) atoms. The van der Waals surface area contributed by atoms with Crippen molar-refractivity contribution in [3.05, 3.63) is 57.5 Å². The van der Waals surface area contributed by atoms with E-state index in [-0.39, 0.29) is 16.6 Å². The third-order valence-corrected chi connectivity index (χ3v) is 3.76. The summed E-state index contributed by atoms with van der Waals surface area (Å²) in [5.74, 6) is 0. The smallest absolute Gasteiger partial charge is 0.287 e. The first-order valence-electron chi connectivity index (χ1n) is 7.18. The molecule has 1 heterocycles. The van der Waals surface area contributed by atoms with Gasteiger partial charge in [-0.3, -0.25) is 4.79 Å². The Morgan fingerprint density at radius 1 is 1.33 bits per heavy atom. The van der Waals surface area contributed by atoms with Crippen molar-refractivity contribution in [1.29, 1.82) is 0 Å². The first kappa shape index (κ1) is 15.6. The van der Waals surface area contributed by atoms with E-state index >= 15 is 0 Å². The van der Waals surface area contributed by atoms with Gasteiger partial charge in [0.1, 0.15) is 5.02 Å². The molecule has 0 saturated heterocycles. The molecule has 1 aromatic carbocycles. The van der Waals surface area contributed by atoms with E-state index in [0.29, 0.717) is 12.2 Å². The van der Waals surface area contributed by atoms with Gasteiger partial charge in [0.2, 0.25) is 0 Å². The molecule has 0 saturated carbocycles. The Bertz CT molecular complexity index is 640. The van der Waals surface area contributed by atoms with Crippen LogP contribution >= 0.6 is 11.6 Å². The number of hydrogen-bond acceptors (Lipinski definition) is 3. The van der Waals surface area contributed by atoms with E-state index in [1.807, 2.05) is 25.1 Å². The molecule has 1 N–H and O–H groups in total. The summed E-state index contributed by atoms with van der Waals surface area (Å²) < 4.78 is 1.35. The molecule has 0 spiro atoms. The van der Waals surface area contributed by atoms with Crippen LogP contribution in [0.25, 0.3) is 0 Å². The minimum atomic E-state index is -0.251. The Morgan fingerprint density at radius 3 is 2.71 bits per heavy atom. The van der Waals surface area contributed by atoms with Crippen LogP contribution in [0.1, 0.15) is 25.8 Å². The first-order chi connectivity index (χ1) is 10.1. The summed E-state index contributed by atoms with van der Waals surface area (Å²) in [6, 6.07) is 10.5. The molecule has 1 atom stereocenters. The summed E-state index contributed by atoms with van der Waals surface area (Å²) in [5.41, 5.74) is 1.66. The van der Waals surface area contributed by atoms with Gasteiger partial charge < -0.3 is 5.32 Å². The Hall–Kier alpha value is -1.81. The van der Waals surface area contributed by atoms with Crippen molar-refractivity contribution >= 4 is 17.3 Å².